The Morgan fingerprint density at radius 1 is 1.31 bits per heavy atom. The van der Waals surface area contributed by atoms with Crippen LogP contribution < -0.4 is 4.90 Å². The van der Waals surface area contributed by atoms with E-state index in [0.29, 0.717) is 0 Å². The molecule has 1 fully saturated rings. The van der Waals surface area contributed by atoms with Crippen LogP contribution in [0.5, 0.6) is 0 Å². The van der Waals surface area contributed by atoms with Gasteiger partial charge in [-0.2, -0.15) is 0 Å². The third-order valence-electron chi connectivity index (χ3n) is 2.55. The lowest BCUT2D eigenvalue weighted by atomic mass is 10.1. The first-order valence-corrected chi connectivity index (χ1v) is 5.33. The van der Waals surface area contributed by atoms with Crippen molar-refractivity contribution in [2.24, 2.45) is 0 Å². The molecule has 2 nitrogen and oxygen atoms in total. The first kappa shape index (κ1) is 10.6. The Kier molecular flexibility index (Phi) is 4.88. The minimum absolute atomic E-state index is 0.413. The van der Waals surface area contributed by atoms with Crippen molar-refractivity contribution in [1.29, 1.82) is 0 Å². The molecule has 0 amide bonds. The molecule has 0 aromatic carbocycles. The minimum Gasteiger partial charge on any atom is -0.380 e. The zero-order valence-electron chi connectivity index (χ0n) is 8.47. The molecule has 1 saturated heterocycles. The summed E-state index contributed by atoms with van der Waals surface area (Å²) in [5, 5.41) is 9.20. The van der Waals surface area contributed by atoms with Crippen LogP contribution in [0.25, 0.3) is 0 Å². The lowest BCUT2D eigenvalue weighted by molar-refractivity contribution is -0.897. The van der Waals surface area contributed by atoms with Gasteiger partial charge < -0.3 is 10.0 Å². The SMILES string of the molecule is CCC(O)C#CC[NH+]1CCCCC1. The van der Waals surface area contributed by atoms with E-state index in [2.05, 4.69) is 11.8 Å². The Bertz CT molecular complexity index is 186. The van der Waals surface area contributed by atoms with E-state index < -0.39 is 6.10 Å². The number of quaternary nitrogens is 1. The first-order chi connectivity index (χ1) is 6.33. The number of hydrogen-bond donors (Lipinski definition) is 2. The molecule has 1 aliphatic rings. The van der Waals surface area contributed by atoms with E-state index in [4.69, 9.17) is 0 Å². The zero-order chi connectivity index (χ0) is 9.52. The summed E-state index contributed by atoms with van der Waals surface area (Å²) in [6.07, 6.45) is 4.39. The van der Waals surface area contributed by atoms with Crippen molar-refractivity contribution in [2.75, 3.05) is 19.6 Å². The van der Waals surface area contributed by atoms with E-state index in [9.17, 15) is 5.11 Å². The van der Waals surface area contributed by atoms with E-state index in [1.807, 2.05) is 6.92 Å². The summed E-state index contributed by atoms with van der Waals surface area (Å²) < 4.78 is 0. The molecule has 0 aromatic rings. The molecular formula is C11H20NO+. The molecule has 0 aliphatic carbocycles. The molecule has 2 N–H and O–H groups in total. The second kappa shape index (κ2) is 6.01. The summed E-state index contributed by atoms with van der Waals surface area (Å²) in [5.74, 6) is 5.93. The van der Waals surface area contributed by atoms with Crippen LogP contribution in [0.1, 0.15) is 32.6 Å². The Balaban J connectivity index is 2.18. The van der Waals surface area contributed by atoms with Gasteiger partial charge in [-0.25, -0.2) is 0 Å². The maximum absolute atomic E-state index is 9.20. The van der Waals surface area contributed by atoms with Crippen molar-refractivity contribution in [3.63, 3.8) is 0 Å². The summed E-state index contributed by atoms with van der Waals surface area (Å²) in [6.45, 7) is 5.39. The van der Waals surface area contributed by atoms with Crippen LogP contribution in [-0.4, -0.2) is 30.8 Å². The molecule has 1 heterocycles. The Hall–Kier alpha value is -0.520. The number of nitrogens with one attached hydrogen (secondary N) is 1. The van der Waals surface area contributed by atoms with Gasteiger partial charge >= 0.3 is 0 Å². The zero-order valence-corrected chi connectivity index (χ0v) is 8.47. The highest BCUT2D eigenvalue weighted by Crippen LogP contribution is 1.93. The Labute approximate surface area is 80.9 Å². The standard InChI is InChI=1S/C11H19NO/c1-2-11(13)7-6-10-12-8-4-3-5-9-12/h11,13H,2-5,8-10H2,1H3/p+1. The van der Waals surface area contributed by atoms with Crippen molar-refractivity contribution in [2.45, 2.75) is 38.7 Å². The van der Waals surface area contributed by atoms with Crippen LogP contribution in [0.2, 0.25) is 0 Å². The summed E-state index contributed by atoms with van der Waals surface area (Å²) in [5.41, 5.74) is 0. The molecule has 1 aliphatic heterocycles. The van der Waals surface area contributed by atoms with Gasteiger partial charge in [0, 0.05) is 0 Å². The molecule has 0 radical (unpaired) electrons. The minimum atomic E-state index is -0.413. The first-order valence-electron chi connectivity index (χ1n) is 5.33. The van der Waals surface area contributed by atoms with E-state index in [-0.39, 0.29) is 0 Å². The number of rotatable bonds is 2. The molecule has 13 heavy (non-hydrogen) atoms. The lowest BCUT2D eigenvalue weighted by Crippen LogP contribution is -3.12. The monoisotopic (exact) mass is 182 g/mol. The van der Waals surface area contributed by atoms with Gasteiger partial charge in [-0.15, -0.1) is 0 Å². The van der Waals surface area contributed by atoms with Gasteiger partial charge in [-0.3, -0.25) is 0 Å². The highest BCUT2D eigenvalue weighted by Gasteiger charge is 2.10. The second-order valence-electron chi connectivity index (χ2n) is 3.73. The molecule has 0 aromatic heterocycles. The van der Waals surface area contributed by atoms with Crippen LogP contribution >= 0.6 is 0 Å². The smallest absolute Gasteiger partial charge is 0.139 e. The molecule has 0 bridgehead atoms. The molecule has 1 rings (SSSR count). The number of aliphatic hydroxyl groups is 1. The average molecular weight is 182 g/mol. The van der Waals surface area contributed by atoms with Gasteiger partial charge in [0.15, 0.2) is 0 Å². The van der Waals surface area contributed by atoms with Gasteiger partial charge in [0.25, 0.3) is 0 Å². The fourth-order valence-electron chi connectivity index (χ4n) is 1.62. The van der Waals surface area contributed by atoms with Crippen LogP contribution in [0.4, 0.5) is 0 Å². The van der Waals surface area contributed by atoms with Gasteiger partial charge in [0.2, 0.25) is 0 Å². The predicted molar refractivity (Wildman–Crippen MR) is 53.5 cm³/mol. The summed E-state index contributed by atoms with van der Waals surface area (Å²) in [6, 6.07) is 0. The average Bonchev–Trinajstić information content (AvgIpc) is 2.19. The van der Waals surface area contributed by atoms with Gasteiger partial charge in [-0.1, -0.05) is 12.8 Å². The summed E-state index contributed by atoms with van der Waals surface area (Å²) >= 11 is 0. The summed E-state index contributed by atoms with van der Waals surface area (Å²) in [4.78, 5) is 1.59. The van der Waals surface area contributed by atoms with E-state index in [0.717, 1.165) is 13.0 Å². The number of hydrogen-bond acceptors (Lipinski definition) is 1. The predicted octanol–water partition coefficient (Wildman–Crippen LogP) is -0.171. The van der Waals surface area contributed by atoms with Crippen LogP contribution in [0.15, 0.2) is 0 Å². The fraction of sp³-hybridized carbons (Fsp3) is 0.818. The fourth-order valence-corrected chi connectivity index (χ4v) is 1.62. The molecule has 0 spiro atoms. The number of likely N-dealkylation sites (tertiary alicyclic amines) is 1. The normalized spacial score (nSPS) is 20.5. The van der Waals surface area contributed by atoms with Gasteiger partial charge in [0.05, 0.1) is 13.1 Å². The molecule has 1 unspecified atom stereocenters. The molecule has 0 saturated carbocycles. The number of aliphatic hydroxyl groups excluding tert-OH is 1. The number of piperidine rings is 1. The third-order valence-corrected chi connectivity index (χ3v) is 2.55. The van der Waals surface area contributed by atoms with Crippen molar-refractivity contribution in [1.82, 2.24) is 0 Å². The van der Waals surface area contributed by atoms with Crippen LogP contribution in [0.3, 0.4) is 0 Å². The highest BCUT2D eigenvalue weighted by molar-refractivity contribution is 5.03. The van der Waals surface area contributed by atoms with Crippen molar-refractivity contribution in [3.8, 4) is 11.8 Å². The maximum atomic E-state index is 9.20. The second-order valence-corrected chi connectivity index (χ2v) is 3.73. The Morgan fingerprint density at radius 2 is 2.00 bits per heavy atom. The quantitative estimate of drug-likeness (QED) is 0.569. The largest absolute Gasteiger partial charge is 0.380 e. The third kappa shape index (κ3) is 4.31. The van der Waals surface area contributed by atoms with E-state index in [1.165, 1.54) is 32.4 Å². The summed E-state index contributed by atoms with van der Waals surface area (Å²) in [7, 11) is 0. The molecule has 1 atom stereocenters. The van der Waals surface area contributed by atoms with E-state index in [1.54, 1.807) is 4.90 Å². The molecule has 2 heteroatoms. The lowest BCUT2D eigenvalue weighted by Gasteiger charge is -2.20. The van der Waals surface area contributed by atoms with Gasteiger partial charge in [0.1, 0.15) is 12.6 Å². The maximum Gasteiger partial charge on any atom is 0.139 e. The van der Waals surface area contributed by atoms with Gasteiger partial charge in [-0.05, 0) is 31.6 Å². The molecular weight excluding hydrogens is 162 g/mol. The van der Waals surface area contributed by atoms with Crippen molar-refractivity contribution < 1.29 is 10.0 Å². The van der Waals surface area contributed by atoms with Crippen LogP contribution in [-0.2, 0) is 0 Å². The van der Waals surface area contributed by atoms with Crippen molar-refractivity contribution in [3.05, 3.63) is 0 Å². The van der Waals surface area contributed by atoms with Crippen LogP contribution in [0, 0.1) is 11.8 Å². The topological polar surface area (TPSA) is 24.7 Å². The van der Waals surface area contributed by atoms with Crippen molar-refractivity contribution >= 4 is 0 Å². The highest BCUT2D eigenvalue weighted by atomic mass is 16.3. The Morgan fingerprint density at radius 3 is 2.62 bits per heavy atom. The molecule has 74 valence electrons. The van der Waals surface area contributed by atoms with E-state index >= 15 is 0 Å².